The van der Waals surface area contributed by atoms with Gasteiger partial charge in [0.05, 0.1) is 5.52 Å². The van der Waals surface area contributed by atoms with Gasteiger partial charge in [0.25, 0.3) is 0 Å². The average Bonchev–Trinajstić information content (AvgIpc) is 2.90. The minimum absolute atomic E-state index is 0.734. The number of carbonyl (C=O) groups is 1. The van der Waals surface area contributed by atoms with Crippen LogP contribution in [0, 0.1) is 6.92 Å². The lowest BCUT2D eigenvalue weighted by atomic mass is 10.1. The van der Waals surface area contributed by atoms with E-state index in [1.165, 1.54) is 22.0 Å². The lowest BCUT2D eigenvalue weighted by Crippen LogP contribution is -2.00. The summed E-state index contributed by atoms with van der Waals surface area (Å²) in [7, 11) is 0. The Morgan fingerprint density at radius 2 is 1.65 bits per heavy atom. The number of aryl methyl sites for hydroxylation is 1. The van der Waals surface area contributed by atoms with Gasteiger partial charge < -0.3 is 4.57 Å². The van der Waals surface area contributed by atoms with Crippen molar-refractivity contribution in [2.45, 2.75) is 13.5 Å². The smallest absolute Gasteiger partial charge is 0.150 e. The maximum Gasteiger partial charge on any atom is 0.150 e. The summed E-state index contributed by atoms with van der Waals surface area (Å²) in [6.45, 7) is 2.90. The van der Waals surface area contributed by atoms with Crippen LogP contribution in [0.5, 0.6) is 0 Å². The molecule has 23 heavy (non-hydrogen) atoms. The molecule has 0 saturated carbocycles. The minimum atomic E-state index is 0.734. The molecule has 2 nitrogen and oxygen atoms in total. The molecule has 0 bridgehead atoms. The molecule has 4 aromatic rings. The SMILES string of the molecule is Cc1cc(C=O)cc2c3ccccc3n(Cc3ccccc3)c12. The van der Waals surface area contributed by atoms with Crippen LogP contribution in [0.4, 0.5) is 0 Å². The number of benzene rings is 3. The predicted molar refractivity (Wildman–Crippen MR) is 95.1 cm³/mol. The maximum atomic E-state index is 11.2. The van der Waals surface area contributed by atoms with Crippen LogP contribution in [0.1, 0.15) is 21.5 Å². The number of carbonyl (C=O) groups excluding carboxylic acids is 1. The van der Waals surface area contributed by atoms with Crippen molar-refractivity contribution >= 4 is 28.1 Å². The molecule has 0 N–H and O–H groups in total. The Morgan fingerprint density at radius 1 is 0.913 bits per heavy atom. The number of aldehydes is 1. The zero-order chi connectivity index (χ0) is 15.8. The topological polar surface area (TPSA) is 22.0 Å². The van der Waals surface area contributed by atoms with Gasteiger partial charge in [-0.15, -0.1) is 0 Å². The molecule has 0 aliphatic rings. The van der Waals surface area contributed by atoms with Crippen molar-refractivity contribution in [1.82, 2.24) is 4.57 Å². The molecule has 2 heteroatoms. The van der Waals surface area contributed by atoms with Crippen LogP contribution >= 0.6 is 0 Å². The van der Waals surface area contributed by atoms with Crippen LogP contribution < -0.4 is 0 Å². The van der Waals surface area contributed by atoms with Crippen molar-refractivity contribution in [2.24, 2.45) is 0 Å². The van der Waals surface area contributed by atoms with Crippen molar-refractivity contribution in [3.63, 3.8) is 0 Å². The summed E-state index contributed by atoms with van der Waals surface area (Å²) in [6.07, 6.45) is 0.926. The van der Waals surface area contributed by atoms with Crippen LogP contribution in [0.25, 0.3) is 21.8 Å². The Morgan fingerprint density at radius 3 is 2.43 bits per heavy atom. The third-order valence-corrected chi connectivity index (χ3v) is 4.40. The molecule has 0 aliphatic heterocycles. The van der Waals surface area contributed by atoms with Crippen molar-refractivity contribution in [3.8, 4) is 0 Å². The van der Waals surface area contributed by atoms with Gasteiger partial charge in [-0.25, -0.2) is 0 Å². The largest absolute Gasteiger partial charge is 0.336 e. The molecule has 0 spiro atoms. The molecule has 0 radical (unpaired) electrons. The monoisotopic (exact) mass is 299 g/mol. The zero-order valence-electron chi connectivity index (χ0n) is 13.0. The lowest BCUT2D eigenvalue weighted by Gasteiger charge is -2.10. The molecule has 0 saturated heterocycles. The van der Waals surface area contributed by atoms with Gasteiger partial charge in [-0.05, 0) is 36.2 Å². The number of hydrogen-bond donors (Lipinski definition) is 0. The quantitative estimate of drug-likeness (QED) is 0.490. The molecular formula is C21H17NO. The van der Waals surface area contributed by atoms with E-state index in [1.807, 2.05) is 18.2 Å². The first-order valence-corrected chi connectivity index (χ1v) is 7.78. The molecule has 0 atom stereocenters. The van der Waals surface area contributed by atoms with Gasteiger partial charge in [0.15, 0.2) is 0 Å². The predicted octanol–water partition coefficient (Wildman–Crippen LogP) is 4.96. The summed E-state index contributed by atoms with van der Waals surface area (Å²) in [6, 6.07) is 22.8. The van der Waals surface area contributed by atoms with Gasteiger partial charge in [0.1, 0.15) is 6.29 Å². The van der Waals surface area contributed by atoms with Crippen LogP contribution in [0.15, 0.2) is 66.7 Å². The van der Waals surface area contributed by atoms with Crippen molar-refractivity contribution < 1.29 is 4.79 Å². The summed E-state index contributed by atoms with van der Waals surface area (Å²) in [5.41, 5.74) is 5.56. The first-order chi connectivity index (χ1) is 11.3. The van der Waals surface area contributed by atoms with Gasteiger partial charge in [-0.2, -0.15) is 0 Å². The highest BCUT2D eigenvalue weighted by atomic mass is 16.1. The molecule has 4 rings (SSSR count). The fourth-order valence-electron chi connectivity index (χ4n) is 3.43. The second-order valence-electron chi connectivity index (χ2n) is 5.94. The fourth-order valence-corrected chi connectivity index (χ4v) is 3.43. The summed E-state index contributed by atoms with van der Waals surface area (Å²) < 4.78 is 2.35. The lowest BCUT2D eigenvalue weighted by molar-refractivity contribution is 0.112. The second-order valence-corrected chi connectivity index (χ2v) is 5.94. The summed E-state index contributed by atoms with van der Waals surface area (Å²) in [5.74, 6) is 0. The highest BCUT2D eigenvalue weighted by Crippen LogP contribution is 2.32. The molecule has 0 unspecified atom stereocenters. The van der Waals surface area contributed by atoms with Crippen molar-refractivity contribution in [3.05, 3.63) is 83.4 Å². The Kier molecular flexibility index (Phi) is 3.23. The summed E-state index contributed by atoms with van der Waals surface area (Å²) in [5, 5.41) is 2.35. The van der Waals surface area contributed by atoms with E-state index >= 15 is 0 Å². The van der Waals surface area contributed by atoms with E-state index in [9.17, 15) is 4.79 Å². The second kappa shape index (κ2) is 5.40. The highest BCUT2D eigenvalue weighted by Gasteiger charge is 2.13. The van der Waals surface area contributed by atoms with Gasteiger partial charge >= 0.3 is 0 Å². The van der Waals surface area contributed by atoms with Gasteiger partial charge in [0.2, 0.25) is 0 Å². The Labute approximate surface area is 135 Å². The molecule has 112 valence electrons. The average molecular weight is 299 g/mol. The number of aromatic nitrogens is 1. The Hall–Kier alpha value is -2.87. The van der Waals surface area contributed by atoms with Crippen molar-refractivity contribution in [1.29, 1.82) is 0 Å². The maximum absolute atomic E-state index is 11.2. The molecule has 0 amide bonds. The van der Waals surface area contributed by atoms with Gasteiger partial charge in [0, 0.05) is 28.4 Å². The van der Waals surface area contributed by atoms with E-state index < -0.39 is 0 Å². The van der Waals surface area contributed by atoms with Crippen LogP contribution in [-0.2, 0) is 6.54 Å². The number of nitrogens with zero attached hydrogens (tertiary/aromatic N) is 1. The van der Waals surface area contributed by atoms with Crippen LogP contribution in [0.2, 0.25) is 0 Å². The normalized spacial score (nSPS) is 11.2. The molecule has 0 aliphatic carbocycles. The van der Waals surface area contributed by atoms with Crippen molar-refractivity contribution in [2.75, 3.05) is 0 Å². The first-order valence-electron chi connectivity index (χ1n) is 7.78. The third kappa shape index (κ3) is 2.23. The van der Waals surface area contributed by atoms with E-state index in [2.05, 4.69) is 60.0 Å². The molecule has 0 fully saturated rings. The van der Waals surface area contributed by atoms with Gasteiger partial charge in [-0.1, -0.05) is 48.5 Å². The van der Waals surface area contributed by atoms with E-state index in [0.29, 0.717) is 0 Å². The number of para-hydroxylation sites is 1. The molecule has 3 aromatic carbocycles. The first kappa shape index (κ1) is 13.8. The summed E-state index contributed by atoms with van der Waals surface area (Å²) >= 11 is 0. The molecule has 1 aromatic heterocycles. The Bertz CT molecular complexity index is 1010. The minimum Gasteiger partial charge on any atom is -0.336 e. The number of hydrogen-bond acceptors (Lipinski definition) is 1. The number of fused-ring (bicyclic) bond motifs is 3. The third-order valence-electron chi connectivity index (χ3n) is 4.40. The molecular weight excluding hydrogens is 282 g/mol. The van der Waals surface area contributed by atoms with Crippen LogP contribution in [0.3, 0.4) is 0 Å². The van der Waals surface area contributed by atoms with Gasteiger partial charge in [-0.3, -0.25) is 4.79 Å². The highest BCUT2D eigenvalue weighted by molar-refractivity contribution is 6.10. The van der Waals surface area contributed by atoms with E-state index in [1.54, 1.807) is 0 Å². The summed E-state index contributed by atoms with van der Waals surface area (Å²) in [4.78, 5) is 11.2. The molecule has 1 heterocycles. The standard InChI is InChI=1S/C21H17NO/c1-15-11-17(14-23)12-19-18-9-5-6-10-20(18)22(21(15)19)13-16-7-3-2-4-8-16/h2-12,14H,13H2,1H3. The fraction of sp³-hybridized carbons (Fsp3) is 0.0952. The zero-order valence-corrected chi connectivity index (χ0v) is 13.0. The number of rotatable bonds is 3. The van der Waals surface area contributed by atoms with E-state index in [4.69, 9.17) is 0 Å². The van der Waals surface area contributed by atoms with E-state index in [0.717, 1.165) is 29.3 Å². The van der Waals surface area contributed by atoms with E-state index in [-0.39, 0.29) is 0 Å². The van der Waals surface area contributed by atoms with Crippen LogP contribution in [-0.4, -0.2) is 10.9 Å². The Balaban J connectivity index is 2.06.